The number of rotatable bonds is 4. The van der Waals surface area contributed by atoms with E-state index in [1.807, 2.05) is 0 Å². The second kappa shape index (κ2) is 7.10. The van der Waals surface area contributed by atoms with Gasteiger partial charge in [-0.05, 0) is 12.1 Å². The molecule has 1 heterocycles. The predicted octanol–water partition coefficient (Wildman–Crippen LogP) is 1.23. The molecular weight excluding hydrogens is 309 g/mol. The van der Waals surface area contributed by atoms with Gasteiger partial charge < -0.3 is 23.8 Å². The van der Waals surface area contributed by atoms with Crippen LogP contribution in [-0.4, -0.2) is 46.6 Å². The van der Waals surface area contributed by atoms with Gasteiger partial charge >= 0.3 is 11.9 Å². The quantitative estimate of drug-likeness (QED) is 0.771. The van der Waals surface area contributed by atoms with Gasteiger partial charge in [0.15, 0.2) is 0 Å². The van der Waals surface area contributed by atoms with Gasteiger partial charge in [0.25, 0.3) is 0 Å². The summed E-state index contributed by atoms with van der Waals surface area (Å²) in [6.07, 6.45) is 0. The topological polar surface area (TPSA) is 74.3 Å². The van der Waals surface area contributed by atoms with Crippen LogP contribution in [0.2, 0.25) is 0 Å². The van der Waals surface area contributed by atoms with Crippen LogP contribution in [0.15, 0.2) is 29.5 Å². The number of nitrogens with zero attached hydrogens (tertiary/aromatic N) is 1. The number of methoxy groups -OCH3 is 3. The number of benzene rings is 1. The summed E-state index contributed by atoms with van der Waals surface area (Å²) in [7, 11) is 3.77. The third-order valence-corrected chi connectivity index (χ3v) is 3.28. The number of esters is 2. The van der Waals surface area contributed by atoms with E-state index in [2.05, 4.69) is 4.74 Å². The van der Waals surface area contributed by atoms with Crippen LogP contribution in [-0.2, 0) is 23.8 Å². The maximum absolute atomic E-state index is 14.2. The van der Waals surface area contributed by atoms with Crippen molar-refractivity contribution < 1.29 is 32.9 Å². The van der Waals surface area contributed by atoms with Crippen molar-refractivity contribution in [3.63, 3.8) is 0 Å². The minimum absolute atomic E-state index is 0.0193. The van der Waals surface area contributed by atoms with E-state index in [-0.39, 0.29) is 30.3 Å². The zero-order chi connectivity index (χ0) is 17.0. The van der Waals surface area contributed by atoms with Crippen molar-refractivity contribution in [2.75, 3.05) is 39.6 Å². The molecule has 2 rings (SSSR count). The van der Waals surface area contributed by atoms with Gasteiger partial charge in [-0.3, -0.25) is 0 Å². The lowest BCUT2D eigenvalue weighted by atomic mass is 10.1. The van der Waals surface area contributed by atoms with Gasteiger partial charge in [-0.1, -0.05) is 0 Å². The number of halogens is 1. The predicted molar refractivity (Wildman–Crippen MR) is 77.3 cm³/mol. The Morgan fingerprint density at radius 2 is 1.87 bits per heavy atom. The molecule has 23 heavy (non-hydrogen) atoms. The lowest BCUT2D eigenvalue weighted by Gasteiger charge is -2.31. The summed E-state index contributed by atoms with van der Waals surface area (Å²) >= 11 is 0. The third-order valence-electron chi connectivity index (χ3n) is 3.28. The van der Waals surface area contributed by atoms with Crippen molar-refractivity contribution >= 4 is 17.6 Å². The Morgan fingerprint density at radius 3 is 2.48 bits per heavy atom. The molecule has 1 aliphatic heterocycles. The van der Waals surface area contributed by atoms with Crippen molar-refractivity contribution in [1.82, 2.24) is 0 Å². The SMILES string of the molecule is COC(=O)C1=C(C(=O)OC)N(c2cc(OC)ccc2F)COC1. The molecule has 0 unspecified atom stereocenters. The number of carbonyl (C=O) groups is 2. The van der Waals surface area contributed by atoms with Gasteiger partial charge in [0.05, 0.1) is 39.2 Å². The molecule has 0 aromatic heterocycles. The molecule has 1 aromatic carbocycles. The van der Waals surface area contributed by atoms with Crippen molar-refractivity contribution in [3.05, 3.63) is 35.3 Å². The second-order valence-corrected chi connectivity index (χ2v) is 4.53. The summed E-state index contributed by atoms with van der Waals surface area (Å²) in [4.78, 5) is 25.2. The Kier molecular flexibility index (Phi) is 5.17. The first kappa shape index (κ1) is 16.8. The van der Waals surface area contributed by atoms with Crippen molar-refractivity contribution in [2.45, 2.75) is 0 Å². The molecule has 0 fully saturated rings. The number of ether oxygens (including phenoxy) is 4. The van der Waals surface area contributed by atoms with Crippen molar-refractivity contribution in [3.8, 4) is 5.75 Å². The first-order valence-electron chi connectivity index (χ1n) is 6.62. The highest BCUT2D eigenvalue weighted by Crippen LogP contribution is 2.31. The molecule has 0 radical (unpaired) electrons. The fourth-order valence-electron chi connectivity index (χ4n) is 2.16. The van der Waals surface area contributed by atoms with E-state index in [1.165, 1.54) is 44.4 Å². The zero-order valence-electron chi connectivity index (χ0n) is 12.9. The van der Waals surface area contributed by atoms with Crippen LogP contribution in [0.5, 0.6) is 5.75 Å². The van der Waals surface area contributed by atoms with Gasteiger partial charge in [0.1, 0.15) is 24.0 Å². The molecule has 0 aliphatic carbocycles. The van der Waals surface area contributed by atoms with Gasteiger partial charge in [0.2, 0.25) is 0 Å². The summed E-state index contributed by atoms with van der Waals surface area (Å²) in [5, 5.41) is 0. The molecule has 0 saturated carbocycles. The Hall–Kier alpha value is -2.61. The van der Waals surface area contributed by atoms with E-state index in [9.17, 15) is 14.0 Å². The van der Waals surface area contributed by atoms with E-state index in [0.29, 0.717) is 5.75 Å². The summed E-state index contributed by atoms with van der Waals surface area (Å²) < 4.78 is 33.9. The summed E-state index contributed by atoms with van der Waals surface area (Å²) in [6.45, 7) is -0.270. The van der Waals surface area contributed by atoms with Crippen LogP contribution in [0.25, 0.3) is 0 Å². The Bertz CT molecular complexity index is 657. The van der Waals surface area contributed by atoms with Crippen molar-refractivity contribution in [1.29, 1.82) is 0 Å². The molecular formula is C15H16FNO6. The monoisotopic (exact) mass is 325 g/mol. The molecule has 0 N–H and O–H groups in total. The van der Waals surface area contributed by atoms with Crippen LogP contribution in [0.3, 0.4) is 0 Å². The lowest BCUT2D eigenvalue weighted by molar-refractivity contribution is -0.140. The summed E-state index contributed by atoms with van der Waals surface area (Å²) in [6, 6.07) is 4.02. The molecule has 0 spiro atoms. The van der Waals surface area contributed by atoms with E-state index < -0.39 is 17.8 Å². The number of hydrogen-bond donors (Lipinski definition) is 0. The standard InChI is InChI=1S/C15H16FNO6/c1-20-9-4-5-11(16)12(6-9)17-8-23-7-10(14(18)21-2)13(17)15(19)22-3/h4-6H,7-8H2,1-3H3. The van der Waals surface area contributed by atoms with Gasteiger partial charge in [0, 0.05) is 6.07 Å². The average Bonchev–Trinajstić information content (AvgIpc) is 2.60. The first-order chi connectivity index (χ1) is 11.0. The van der Waals surface area contributed by atoms with Crippen LogP contribution < -0.4 is 9.64 Å². The van der Waals surface area contributed by atoms with E-state index in [4.69, 9.17) is 14.2 Å². The molecule has 0 amide bonds. The number of hydrogen-bond acceptors (Lipinski definition) is 7. The molecule has 7 nitrogen and oxygen atoms in total. The molecule has 124 valence electrons. The Morgan fingerprint density at radius 1 is 1.17 bits per heavy atom. The molecule has 0 saturated heterocycles. The summed E-state index contributed by atoms with van der Waals surface area (Å²) in [5.41, 5.74) is -0.156. The molecule has 8 heteroatoms. The minimum Gasteiger partial charge on any atom is -0.497 e. The Balaban J connectivity index is 2.59. The number of carbonyl (C=O) groups excluding carboxylic acids is 2. The first-order valence-corrected chi connectivity index (χ1v) is 6.62. The summed E-state index contributed by atoms with van der Waals surface area (Å²) in [5.74, 6) is -1.77. The second-order valence-electron chi connectivity index (χ2n) is 4.53. The van der Waals surface area contributed by atoms with Gasteiger partial charge in [-0.15, -0.1) is 0 Å². The molecule has 1 aliphatic rings. The lowest BCUT2D eigenvalue weighted by Crippen LogP contribution is -2.39. The zero-order valence-corrected chi connectivity index (χ0v) is 12.9. The third kappa shape index (κ3) is 3.26. The van der Waals surface area contributed by atoms with Crippen LogP contribution >= 0.6 is 0 Å². The van der Waals surface area contributed by atoms with Gasteiger partial charge in [-0.2, -0.15) is 0 Å². The molecule has 0 bridgehead atoms. The molecule has 1 aromatic rings. The maximum Gasteiger partial charge on any atom is 0.355 e. The van der Waals surface area contributed by atoms with E-state index in [1.54, 1.807) is 0 Å². The van der Waals surface area contributed by atoms with Crippen LogP contribution in [0.4, 0.5) is 10.1 Å². The smallest absolute Gasteiger partial charge is 0.355 e. The van der Waals surface area contributed by atoms with Crippen LogP contribution in [0, 0.1) is 5.82 Å². The highest BCUT2D eigenvalue weighted by Gasteiger charge is 2.33. The average molecular weight is 325 g/mol. The maximum atomic E-state index is 14.2. The highest BCUT2D eigenvalue weighted by molar-refractivity contribution is 6.03. The highest BCUT2D eigenvalue weighted by atomic mass is 19.1. The molecule has 0 atom stereocenters. The largest absolute Gasteiger partial charge is 0.497 e. The fraction of sp³-hybridized carbons (Fsp3) is 0.333. The minimum atomic E-state index is -0.795. The normalized spacial score (nSPS) is 14.5. The Labute approximate surface area is 132 Å². The van der Waals surface area contributed by atoms with E-state index in [0.717, 1.165) is 0 Å². The number of anilines is 1. The fourth-order valence-corrected chi connectivity index (χ4v) is 2.16. The van der Waals surface area contributed by atoms with E-state index >= 15 is 0 Å². The van der Waals surface area contributed by atoms with Crippen LogP contribution in [0.1, 0.15) is 0 Å². The van der Waals surface area contributed by atoms with Gasteiger partial charge in [-0.25, -0.2) is 14.0 Å². The van der Waals surface area contributed by atoms with Crippen molar-refractivity contribution in [2.24, 2.45) is 0 Å².